The molecule has 0 aliphatic heterocycles. The number of benzene rings is 1. The van der Waals surface area contributed by atoms with Crippen LogP contribution >= 0.6 is 11.6 Å². The van der Waals surface area contributed by atoms with Crippen molar-refractivity contribution in [3.05, 3.63) is 28.8 Å². The minimum Gasteiger partial charge on any atom is -0.461 e. The number of anilines is 1. The first-order valence-corrected chi connectivity index (χ1v) is 6.45. The van der Waals surface area contributed by atoms with Crippen molar-refractivity contribution < 1.29 is 14.3 Å². The van der Waals surface area contributed by atoms with Crippen molar-refractivity contribution >= 4 is 29.2 Å². The van der Waals surface area contributed by atoms with Gasteiger partial charge in [0, 0.05) is 16.8 Å². The average molecular weight is 283 g/mol. The molecular formula is C13H15ClN2O3. The van der Waals surface area contributed by atoms with E-state index in [2.05, 4.69) is 5.32 Å². The highest BCUT2D eigenvalue weighted by atomic mass is 35.5. The Bertz CT molecular complexity index is 501. The standard InChI is InChI=1S/C13H15ClN2O3/c14-8-1-4-10(11(15)7-8)13(18)19-6-5-12(17)16-9-2-3-9/h1,4,7,9H,2-3,5-6,15H2,(H,16,17). The Morgan fingerprint density at radius 2 is 2.16 bits per heavy atom. The van der Waals surface area contributed by atoms with E-state index in [0.29, 0.717) is 11.1 Å². The van der Waals surface area contributed by atoms with Gasteiger partial charge >= 0.3 is 5.97 Å². The Kier molecular flexibility index (Phi) is 4.27. The second kappa shape index (κ2) is 5.93. The van der Waals surface area contributed by atoms with Crippen LogP contribution in [0.5, 0.6) is 0 Å². The monoisotopic (exact) mass is 282 g/mol. The average Bonchev–Trinajstić information content (AvgIpc) is 3.12. The molecule has 0 radical (unpaired) electrons. The van der Waals surface area contributed by atoms with Gasteiger partial charge in [0.15, 0.2) is 0 Å². The van der Waals surface area contributed by atoms with Crippen molar-refractivity contribution in [3.63, 3.8) is 0 Å². The number of nitrogens with one attached hydrogen (secondary N) is 1. The van der Waals surface area contributed by atoms with Crippen LogP contribution in [-0.2, 0) is 9.53 Å². The lowest BCUT2D eigenvalue weighted by Crippen LogP contribution is -2.26. The predicted molar refractivity (Wildman–Crippen MR) is 71.9 cm³/mol. The summed E-state index contributed by atoms with van der Waals surface area (Å²) in [7, 11) is 0. The zero-order valence-electron chi connectivity index (χ0n) is 10.3. The number of amides is 1. The molecule has 1 aliphatic rings. The smallest absolute Gasteiger partial charge is 0.340 e. The third kappa shape index (κ3) is 4.13. The molecule has 0 atom stereocenters. The largest absolute Gasteiger partial charge is 0.461 e. The molecule has 0 saturated heterocycles. The van der Waals surface area contributed by atoms with Crippen molar-refractivity contribution in [1.29, 1.82) is 0 Å². The van der Waals surface area contributed by atoms with Gasteiger partial charge in [-0.15, -0.1) is 0 Å². The zero-order valence-corrected chi connectivity index (χ0v) is 11.1. The normalized spacial score (nSPS) is 13.9. The van der Waals surface area contributed by atoms with Crippen LogP contribution in [-0.4, -0.2) is 24.5 Å². The summed E-state index contributed by atoms with van der Waals surface area (Å²) in [4.78, 5) is 23.1. The summed E-state index contributed by atoms with van der Waals surface area (Å²) < 4.78 is 5.00. The number of esters is 1. The molecular weight excluding hydrogens is 268 g/mol. The fourth-order valence-corrected chi connectivity index (χ4v) is 1.74. The second-order valence-corrected chi connectivity index (χ2v) is 4.90. The highest BCUT2D eigenvalue weighted by Crippen LogP contribution is 2.19. The first kappa shape index (κ1) is 13.7. The molecule has 1 aliphatic carbocycles. The van der Waals surface area contributed by atoms with Crippen molar-refractivity contribution in [3.8, 4) is 0 Å². The first-order valence-electron chi connectivity index (χ1n) is 6.08. The third-order valence-corrected chi connectivity index (χ3v) is 2.97. The Hall–Kier alpha value is -1.75. The summed E-state index contributed by atoms with van der Waals surface area (Å²) in [5, 5.41) is 3.27. The molecule has 1 aromatic carbocycles. The van der Waals surface area contributed by atoms with E-state index < -0.39 is 5.97 Å². The fourth-order valence-electron chi connectivity index (χ4n) is 1.56. The van der Waals surface area contributed by atoms with Gasteiger partial charge < -0.3 is 15.8 Å². The van der Waals surface area contributed by atoms with Crippen LogP contribution in [0, 0.1) is 0 Å². The number of ether oxygens (including phenoxy) is 1. The van der Waals surface area contributed by atoms with E-state index in [0.717, 1.165) is 12.8 Å². The molecule has 0 bridgehead atoms. The Morgan fingerprint density at radius 1 is 1.42 bits per heavy atom. The number of hydrogen-bond donors (Lipinski definition) is 2. The topological polar surface area (TPSA) is 81.4 Å². The van der Waals surface area contributed by atoms with Gasteiger partial charge in [-0.3, -0.25) is 4.79 Å². The Labute approximate surface area is 116 Å². The molecule has 0 spiro atoms. The Morgan fingerprint density at radius 3 is 2.79 bits per heavy atom. The maximum absolute atomic E-state index is 11.7. The fraction of sp³-hybridized carbons (Fsp3) is 0.385. The summed E-state index contributed by atoms with van der Waals surface area (Å²) in [5.41, 5.74) is 6.18. The van der Waals surface area contributed by atoms with Crippen LogP contribution < -0.4 is 11.1 Å². The molecule has 6 heteroatoms. The van der Waals surface area contributed by atoms with Crippen LogP contribution in [0.4, 0.5) is 5.69 Å². The summed E-state index contributed by atoms with van der Waals surface area (Å²) in [6.45, 7) is 0.0411. The number of nitrogens with two attached hydrogens (primary N) is 1. The van der Waals surface area contributed by atoms with E-state index in [1.165, 1.54) is 12.1 Å². The van der Waals surface area contributed by atoms with Gasteiger partial charge in [-0.2, -0.15) is 0 Å². The SMILES string of the molecule is Nc1cc(Cl)ccc1C(=O)OCCC(=O)NC1CC1. The van der Waals surface area contributed by atoms with Crippen LogP contribution in [0.3, 0.4) is 0 Å². The van der Waals surface area contributed by atoms with Crippen molar-refractivity contribution in [2.24, 2.45) is 0 Å². The summed E-state index contributed by atoms with van der Waals surface area (Å²) >= 11 is 5.74. The van der Waals surface area contributed by atoms with E-state index in [4.69, 9.17) is 22.1 Å². The van der Waals surface area contributed by atoms with E-state index in [1.54, 1.807) is 6.07 Å². The number of carbonyl (C=O) groups excluding carboxylic acids is 2. The molecule has 1 aromatic rings. The predicted octanol–water partition coefficient (Wildman–Crippen LogP) is 1.75. The number of carbonyl (C=O) groups is 2. The summed E-state index contributed by atoms with van der Waals surface area (Å²) in [6.07, 6.45) is 2.23. The van der Waals surface area contributed by atoms with Gasteiger partial charge in [0.05, 0.1) is 12.0 Å². The molecule has 19 heavy (non-hydrogen) atoms. The lowest BCUT2D eigenvalue weighted by atomic mass is 10.2. The van der Waals surface area contributed by atoms with E-state index >= 15 is 0 Å². The van der Waals surface area contributed by atoms with Gasteiger partial charge in [0.25, 0.3) is 0 Å². The lowest BCUT2D eigenvalue weighted by molar-refractivity contribution is -0.121. The maximum atomic E-state index is 11.7. The van der Waals surface area contributed by atoms with Crippen LogP contribution in [0.15, 0.2) is 18.2 Å². The van der Waals surface area contributed by atoms with Gasteiger partial charge in [-0.1, -0.05) is 11.6 Å². The highest BCUT2D eigenvalue weighted by Gasteiger charge is 2.23. The van der Waals surface area contributed by atoms with Gasteiger partial charge in [-0.05, 0) is 31.0 Å². The first-order chi connectivity index (χ1) is 9.06. The molecule has 0 heterocycles. The molecule has 1 saturated carbocycles. The number of nitrogen functional groups attached to an aromatic ring is 1. The molecule has 5 nitrogen and oxygen atoms in total. The minimum absolute atomic E-state index is 0.0411. The minimum atomic E-state index is -0.548. The van der Waals surface area contributed by atoms with Crippen LogP contribution in [0.25, 0.3) is 0 Å². The van der Waals surface area contributed by atoms with E-state index in [-0.39, 0.29) is 30.2 Å². The lowest BCUT2D eigenvalue weighted by Gasteiger charge is -2.07. The number of halogens is 1. The molecule has 1 amide bonds. The molecule has 102 valence electrons. The summed E-state index contributed by atoms with van der Waals surface area (Å²) in [6, 6.07) is 4.87. The summed E-state index contributed by atoms with van der Waals surface area (Å²) in [5.74, 6) is -0.646. The number of rotatable bonds is 5. The van der Waals surface area contributed by atoms with Crippen molar-refractivity contribution in [1.82, 2.24) is 5.32 Å². The van der Waals surface area contributed by atoms with Crippen molar-refractivity contribution in [2.75, 3.05) is 12.3 Å². The van der Waals surface area contributed by atoms with E-state index in [9.17, 15) is 9.59 Å². The quantitative estimate of drug-likeness (QED) is 0.637. The maximum Gasteiger partial charge on any atom is 0.340 e. The van der Waals surface area contributed by atoms with Crippen LogP contribution in [0.2, 0.25) is 5.02 Å². The van der Waals surface area contributed by atoms with Gasteiger partial charge in [-0.25, -0.2) is 4.79 Å². The zero-order chi connectivity index (χ0) is 13.8. The highest BCUT2D eigenvalue weighted by molar-refractivity contribution is 6.31. The Balaban J connectivity index is 1.78. The third-order valence-electron chi connectivity index (χ3n) is 2.74. The molecule has 1 fully saturated rings. The van der Waals surface area contributed by atoms with Crippen molar-refractivity contribution in [2.45, 2.75) is 25.3 Å². The molecule has 0 aromatic heterocycles. The number of hydrogen-bond acceptors (Lipinski definition) is 4. The molecule has 3 N–H and O–H groups in total. The molecule has 2 rings (SSSR count). The van der Waals surface area contributed by atoms with Gasteiger partial charge in [0.2, 0.25) is 5.91 Å². The van der Waals surface area contributed by atoms with Gasteiger partial charge in [0.1, 0.15) is 6.61 Å². The van der Waals surface area contributed by atoms with E-state index in [1.807, 2.05) is 0 Å². The molecule has 0 unspecified atom stereocenters. The second-order valence-electron chi connectivity index (χ2n) is 4.46. The van der Waals surface area contributed by atoms with Crippen LogP contribution in [0.1, 0.15) is 29.6 Å².